The summed E-state index contributed by atoms with van der Waals surface area (Å²) in [6, 6.07) is 6.26. The molecular formula is C17H15NO5. The van der Waals surface area contributed by atoms with E-state index in [1.54, 1.807) is 24.3 Å². The van der Waals surface area contributed by atoms with Crippen molar-refractivity contribution in [3.63, 3.8) is 0 Å². The van der Waals surface area contributed by atoms with Gasteiger partial charge in [0.25, 0.3) is 0 Å². The van der Waals surface area contributed by atoms with Crippen LogP contribution in [0.1, 0.15) is 17.3 Å². The van der Waals surface area contributed by atoms with Gasteiger partial charge in [-0.25, -0.2) is 9.69 Å². The van der Waals surface area contributed by atoms with Gasteiger partial charge in [0.05, 0.1) is 41.9 Å². The highest BCUT2D eigenvalue weighted by Gasteiger charge is 2.65. The average Bonchev–Trinajstić information content (AvgIpc) is 3.16. The van der Waals surface area contributed by atoms with Gasteiger partial charge in [0.2, 0.25) is 11.8 Å². The van der Waals surface area contributed by atoms with Crippen LogP contribution in [0.3, 0.4) is 0 Å². The number of imide groups is 1. The number of benzene rings is 1. The Kier molecular flexibility index (Phi) is 2.78. The minimum atomic E-state index is -0.706. The summed E-state index contributed by atoms with van der Waals surface area (Å²) in [5, 5.41) is 0. The van der Waals surface area contributed by atoms with E-state index in [0.717, 1.165) is 0 Å². The minimum absolute atomic E-state index is 0.246. The number of hydrogen-bond donors (Lipinski definition) is 0. The normalized spacial score (nSPS) is 34.2. The molecule has 118 valence electrons. The molecule has 3 heterocycles. The maximum absolute atomic E-state index is 12.8. The molecule has 1 aromatic rings. The molecule has 6 nitrogen and oxygen atoms in total. The molecule has 23 heavy (non-hydrogen) atoms. The highest BCUT2D eigenvalue weighted by molar-refractivity contribution is 6.23. The minimum Gasteiger partial charge on any atom is -0.465 e. The molecule has 4 atom stereocenters. The van der Waals surface area contributed by atoms with Crippen molar-refractivity contribution in [1.82, 2.24) is 0 Å². The lowest BCUT2D eigenvalue weighted by molar-refractivity contribution is -0.126. The topological polar surface area (TPSA) is 72.9 Å². The fourth-order valence-electron chi connectivity index (χ4n) is 3.77. The summed E-state index contributed by atoms with van der Waals surface area (Å²) in [5.74, 6) is -1.90. The molecule has 2 amide bonds. The van der Waals surface area contributed by atoms with Crippen molar-refractivity contribution in [1.29, 1.82) is 0 Å². The Morgan fingerprint density at radius 1 is 1.22 bits per heavy atom. The first kappa shape index (κ1) is 14.1. The van der Waals surface area contributed by atoms with E-state index in [0.29, 0.717) is 11.3 Å². The summed E-state index contributed by atoms with van der Waals surface area (Å²) in [7, 11) is 1.30. The van der Waals surface area contributed by atoms with Gasteiger partial charge >= 0.3 is 5.97 Å². The van der Waals surface area contributed by atoms with Gasteiger partial charge in [-0.15, -0.1) is 0 Å². The molecule has 6 heteroatoms. The summed E-state index contributed by atoms with van der Waals surface area (Å²) in [6.07, 6.45) is 3.39. The van der Waals surface area contributed by atoms with Crippen molar-refractivity contribution >= 4 is 23.5 Å². The van der Waals surface area contributed by atoms with Crippen molar-refractivity contribution in [3.05, 3.63) is 42.0 Å². The fourth-order valence-corrected chi connectivity index (χ4v) is 3.77. The number of hydrogen-bond acceptors (Lipinski definition) is 5. The van der Waals surface area contributed by atoms with E-state index in [-0.39, 0.29) is 17.9 Å². The number of anilines is 1. The maximum atomic E-state index is 12.8. The number of carbonyl (C=O) groups excluding carboxylic acids is 3. The summed E-state index contributed by atoms with van der Waals surface area (Å²) in [4.78, 5) is 38.2. The number of carbonyl (C=O) groups is 3. The van der Waals surface area contributed by atoms with Gasteiger partial charge < -0.3 is 9.47 Å². The van der Waals surface area contributed by atoms with Gasteiger partial charge in [-0.05, 0) is 31.2 Å². The summed E-state index contributed by atoms with van der Waals surface area (Å²) < 4.78 is 10.4. The summed E-state index contributed by atoms with van der Waals surface area (Å²) in [5.41, 5.74) is 0.126. The van der Waals surface area contributed by atoms with Crippen LogP contribution in [0.25, 0.3) is 0 Å². The first-order chi connectivity index (χ1) is 11.0. The fraction of sp³-hybridized carbons (Fsp3) is 0.353. The van der Waals surface area contributed by atoms with E-state index in [1.165, 1.54) is 12.0 Å². The Morgan fingerprint density at radius 2 is 1.91 bits per heavy atom. The smallest absolute Gasteiger partial charge is 0.337 e. The van der Waals surface area contributed by atoms with Crippen LogP contribution in [-0.4, -0.2) is 36.6 Å². The third-order valence-electron chi connectivity index (χ3n) is 4.88. The molecule has 0 aliphatic carbocycles. The van der Waals surface area contributed by atoms with E-state index in [9.17, 15) is 14.4 Å². The molecule has 0 N–H and O–H groups in total. The van der Waals surface area contributed by atoms with Crippen LogP contribution in [0.5, 0.6) is 0 Å². The molecule has 2 fully saturated rings. The van der Waals surface area contributed by atoms with Gasteiger partial charge in [-0.2, -0.15) is 0 Å². The lowest BCUT2D eigenvalue weighted by Gasteiger charge is -2.24. The van der Waals surface area contributed by atoms with Crippen LogP contribution in [0.15, 0.2) is 36.4 Å². The summed E-state index contributed by atoms with van der Waals surface area (Å²) >= 11 is 0. The lowest BCUT2D eigenvalue weighted by Crippen LogP contribution is -2.38. The van der Waals surface area contributed by atoms with Crippen LogP contribution < -0.4 is 4.90 Å². The number of amides is 2. The SMILES string of the molecule is COC(=O)c1ccc(N2C(=O)[C@@H]3[C@H]4C=C[C@](C)(O4)[C@H]3C2=O)cc1. The Bertz CT molecular complexity index is 753. The molecule has 0 spiro atoms. The third kappa shape index (κ3) is 1.75. The predicted octanol–water partition coefficient (Wildman–Crippen LogP) is 1.31. The third-order valence-corrected chi connectivity index (χ3v) is 4.88. The van der Waals surface area contributed by atoms with E-state index < -0.39 is 23.4 Å². The highest BCUT2D eigenvalue weighted by atomic mass is 16.5. The standard InChI is InChI=1S/C17H15NO5/c1-17-8-7-11(23-17)12-13(17)15(20)18(14(12)19)10-5-3-9(4-6-10)16(21)22-2/h3-8,11-13H,1-2H3/t11-,12-,13-,17+/m1/s1. The van der Waals surface area contributed by atoms with E-state index in [4.69, 9.17) is 4.74 Å². The molecule has 0 unspecified atom stereocenters. The largest absolute Gasteiger partial charge is 0.465 e. The van der Waals surface area contributed by atoms with Crippen LogP contribution in [0.2, 0.25) is 0 Å². The van der Waals surface area contributed by atoms with Crippen LogP contribution in [0.4, 0.5) is 5.69 Å². The van der Waals surface area contributed by atoms with Crippen molar-refractivity contribution in [2.45, 2.75) is 18.6 Å². The molecule has 3 aliphatic heterocycles. The maximum Gasteiger partial charge on any atom is 0.337 e. The molecule has 0 saturated carbocycles. The van der Waals surface area contributed by atoms with Gasteiger partial charge in [0.15, 0.2) is 0 Å². The molecule has 3 aliphatic rings. The van der Waals surface area contributed by atoms with E-state index in [2.05, 4.69) is 4.74 Å². The Hall–Kier alpha value is -2.47. The lowest BCUT2D eigenvalue weighted by atomic mass is 9.78. The molecule has 4 rings (SSSR count). The number of rotatable bonds is 2. The first-order valence-corrected chi connectivity index (χ1v) is 7.39. The molecular weight excluding hydrogens is 298 g/mol. The number of esters is 1. The van der Waals surface area contributed by atoms with E-state index >= 15 is 0 Å². The van der Waals surface area contributed by atoms with Gasteiger partial charge in [0, 0.05) is 0 Å². The number of methoxy groups -OCH3 is 1. The van der Waals surface area contributed by atoms with Gasteiger partial charge in [0.1, 0.15) is 0 Å². The molecule has 2 bridgehead atoms. The van der Waals surface area contributed by atoms with Crippen LogP contribution >= 0.6 is 0 Å². The van der Waals surface area contributed by atoms with Gasteiger partial charge in [-0.1, -0.05) is 12.2 Å². The highest BCUT2D eigenvalue weighted by Crippen LogP contribution is 2.52. The van der Waals surface area contributed by atoms with Crippen molar-refractivity contribution in [3.8, 4) is 0 Å². The monoisotopic (exact) mass is 313 g/mol. The molecule has 0 radical (unpaired) electrons. The van der Waals surface area contributed by atoms with E-state index in [1.807, 2.05) is 19.1 Å². The second kappa shape index (κ2) is 4.52. The zero-order chi connectivity index (χ0) is 16.4. The second-order valence-corrected chi connectivity index (χ2v) is 6.18. The Balaban J connectivity index is 1.68. The number of nitrogens with zero attached hydrogens (tertiary/aromatic N) is 1. The summed E-state index contributed by atoms with van der Waals surface area (Å²) in [6.45, 7) is 1.84. The Morgan fingerprint density at radius 3 is 2.52 bits per heavy atom. The molecule has 2 saturated heterocycles. The van der Waals surface area contributed by atoms with Crippen molar-refractivity contribution < 1.29 is 23.9 Å². The number of ether oxygens (including phenoxy) is 2. The van der Waals surface area contributed by atoms with Gasteiger partial charge in [-0.3, -0.25) is 9.59 Å². The van der Waals surface area contributed by atoms with Crippen molar-refractivity contribution in [2.24, 2.45) is 11.8 Å². The Labute approximate surface area is 132 Å². The number of fused-ring (bicyclic) bond motifs is 5. The average molecular weight is 313 g/mol. The zero-order valence-electron chi connectivity index (χ0n) is 12.7. The molecule has 1 aromatic carbocycles. The molecule has 0 aromatic heterocycles. The quantitative estimate of drug-likeness (QED) is 0.467. The first-order valence-electron chi connectivity index (χ1n) is 7.39. The zero-order valence-corrected chi connectivity index (χ0v) is 12.7. The van der Waals surface area contributed by atoms with Crippen LogP contribution in [-0.2, 0) is 19.1 Å². The second-order valence-electron chi connectivity index (χ2n) is 6.18. The van der Waals surface area contributed by atoms with Crippen molar-refractivity contribution in [2.75, 3.05) is 12.0 Å². The predicted molar refractivity (Wildman–Crippen MR) is 79.7 cm³/mol. The van der Waals surface area contributed by atoms with Crippen LogP contribution in [0, 0.1) is 11.8 Å².